The van der Waals surface area contributed by atoms with E-state index in [9.17, 15) is 8.42 Å². The lowest BCUT2D eigenvalue weighted by Gasteiger charge is -2.17. The van der Waals surface area contributed by atoms with Crippen LogP contribution in [0.3, 0.4) is 0 Å². The fourth-order valence-electron chi connectivity index (χ4n) is 3.56. The molecule has 152 valence electrons. The van der Waals surface area contributed by atoms with E-state index in [0.29, 0.717) is 26.7 Å². The van der Waals surface area contributed by atoms with Crippen LogP contribution in [-0.2, 0) is 15.6 Å². The molecule has 29 heavy (non-hydrogen) atoms. The Balaban J connectivity index is 1.40. The molecule has 1 heterocycles. The maximum absolute atomic E-state index is 12.8. The molecule has 7 heteroatoms. The Morgan fingerprint density at radius 3 is 2.21 bits per heavy atom. The van der Waals surface area contributed by atoms with E-state index in [2.05, 4.69) is 10.2 Å². The van der Waals surface area contributed by atoms with Crippen molar-refractivity contribution in [3.8, 4) is 0 Å². The predicted molar refractivity (Wildman–Crippen MR) is 113 cm³/mol. The van der Waals surface area contributed by atoms with Gasteiger partial charge in [0, 0.05) is 11.7 Å². The molecule has 0 N–H and O–H groups in total. The van der Waals surface area contributed by atoms with Gasteiger partial charge in [0.2, 0.25) is 15.7 Å². The van der Waals surface area contributed by atoms with Crippen molar-refractivity contribution in [2.24, 2.45) is 0 Å². The zero-order valence-electron chi connectivity index (χ0n) is 16.4. The van der Waals surface area contributed by atoms with Crippen molar-refractivity contribution < 1.29 is 12.8 Å². The van der Waals surface area contributed by atoms with E-state index in [1.807, 2.05) is 31.2 Å². The largest absolute Gasteiger partial charge is 0.416 e. The number of aromatic nitrogens is 2. The monoisotopic (exact) mass is 428 g/mol. The summed E-state index contributed by atoms with van der Waals surface area (Å²) in [6, 6.07) is 13.9. The molecule has 0 spiro atoms. The first kappa shape index (κ1) is 20.2. The Labute approximate surface area is 175 Å². The Morgan fingerprint density at radius 2 is 1.55 bits per heavy atom. The summed E-state index contributed by atoms with van der Waals surface area (Å²) in [5.41, 5.74) is 2.04. The third-order valence-corrected chi connectivity index (χ3v) is 7.98. The average molecular weight is 429 g/mol. The summed E-state index contributed by atoms with van der Waals surface area (Å²) >= 11 is 1.48. The Bertz CT molecular complexity index is 1050. The highest BCUT2D eigenvalue weighted by Gasteiger charge is 2.21. The molecule has 0 amide bonds. The van der Waals surface area contributed by atoms with Gasteiger partial charge in [0.25, 0.3) is 5.22 Å². The second-order valence-corrected chi connectivity index (χ2v) is 10.4. The van der Waals surface area contributed by atoms with E-state index in [1.54, 1.807) is 24.3 Å². The summed E-state index contributed by atoms with van der Waals surface area (Å²) in [4.78, 5) is 0.610. The molecular weight excluding hydrogens is 404 g/mol. The highest BCUT2D eigenvalue weighted by atomic mass is 32.2. The zero-order valence-corrected chi connectivity index (χ0v) is 18.0. The van der Waals surface area contributed by atoms with Crippen molar-refractivity contribution in [2.75, 3.05) is 0 Å². The van der Waals surface area contributed by atoms with Gasteiger partial charge in [-0.25, -0.2) is 8.42 Å². The first-order valence-corrected chi connectivity index (χ1v) is 12.4. The van der Waals surface area contributed by atoms with Crippen LogP contribution in [0, 0.1) is 6.92 Å². The highest BCUT2D eigenvalue weighted by molar-refractivity contribution is 7.98. The molecule has 2 aromatic carbocycles. The van der Waals surface area contributed by atoms with Crippen molar-refractivity contribution in [3.05, 3.63) is 65.5 Å². The van der Waals surface area contributed by atoms with Crippen LogP contribution in [0.2, 0.25) is 0 Å². The number of nitrogens with zero attached hydrogens (tertiary/aromatic N) is 2. The lowest BCUT2D eigenvalue weighted by atomic mass is 9.89. The van der Waals surface area contributed by atoms with E-state index in [4.69, 9.17) is 4.42 Å². The first-order valence-electron chi connectivity index (χ1n) is 9.89. The minimum absolute atomic E-state index is 0.299. The molecule has 0 saturated heterocycles. The molecule has 0 unspecified atom stereocenters. The van der Waals surface area contributed by atoms with Crippen molar-refractivity contribution >= 4 is 21.6 Å². The maximum Gasteiger partial charge on any atom is 0.276 e. The van der Waals surface area contributed by atoms with Crippen LogP contribution in [0.15, 0.2) is 68.0 Å². The summed E-state index contributed by atoms with van der Waals surface area (Å²) in [7, 11) is -3.50. The van der Waals surface area contributed by atoms with Gasteiger partial charge < -0.3 is 4.42 Å². The molecule has 0 radical (unpaired) electrons. The fraction of sp³-hybridized carbons (Fsp3) is 0.364. The predicted octanol–water partition coefficient (Wildman–Crippen LogP) is 5.55. The summed E-state index contributed by atoms with van der Waals surface area (Å²) in [6.45, 7) is 1.93. The second-order valence-electron chi connectivity index (χ2n) is 7.49. The van der Waals surface area contributed by atoms with E-state index in [-0.39, 0.29) is 0 Å². The summed E-state index contributed by atoms with van der Waals surface area (Å²) in [5, 5.41) is 8.95. The molecule has 1 aliphatic carbocycles. The van der Waals surface area contributed by atoms with Crippen LogP contribution in [0.5, 0.6) is 0 Å². The van der Waals surface area contributed by atoms with Crippen LogP contribution >= 0.6 is 11.8 Å². The van der Waals surface area contributed by atoms with Gasteiger partial charge in [-0.2, -0.15) is 0 Å². The molecule has 3 aromatic rings. The SMILES string of the molecule is Cc1ccc(S(=O)(=O)c2ccc(CSc3nnc(C4CCCCC4)o3)cc2)cc1. The van der Waals surface area contributed by atoms with Gasteiger partial charge >= 0.3 is 0 Å². The molecule has 1 saturated carbocycles. The first-order chi connectivity index (χ1) is 14.0. The maximum atomic E-state index is 12.8. The molecule has 0 bridgehead atoms. The number of hydrogen-bond donors (Lipinski definition) is 0. The molecule has 1 aliphatic rings. The van der Waals surface area contributed by atoms with Crippen molar-refractivity contribution in [2.45, 2.75) is 65.7 Å². The minimum atomic E-state index is -3.50. The number of hydrogen-bond acceptors (Lipinski definition) is 6. The quantitative estimate of drug-likeness (QED) is 0.479. The third kappa shape index (κ3) is 4.73. The molecule has 1 fully saturated rings. The van der Waals surface area contributed by atoms with Gasteiger partial charge in [-0.3, -0.25) is 0 Å². The van der Waals surface area contributed by atoms with E-state index < -0.39 is 9.84 Å². The molecule has 0 atom stereocenters. The number of benzene rings is 2. The van der Waals surface area contributed by atoms with Crippen molar-refractivity contribution in [3.63, 3.8) is 0 Å². The van der Waals surface area contributed by atoms with Gasteiger partial charge in [0.1, 0.15) is 0 Å². The lowest BCUT2D eigenvalue weighted by molar-refractivity contribution is 0.334. The fourth-order valence-corrected chi connectivity index (χ4v) is 5.54. The third-order valence-electron chi connectivity index (χ3n) is 5.30. The van der Waals surface area contributed by atoms with Crippen LogP contribution in [0.4, 0.5) is 0 Å². The van der Waals surface area contributed by atoms with Gasteiger partial charge in [-0.15, -0.1) is 10.2 Å². The van der Waals surface area contributed by atoms with E-state index in [1.165, 1.54) is 31.0 Å². The standard InChI is InChI=1S/C22H24N2O3S2/c1-16-7-11-19(12-8-16)29(25,26)20-13-9-17(10-14-20)15-28-22-24-23-21(27-22)18-5-3-2-4-6-18/h7-14,18H,2-6,15H2,1H3. The summed E-state index contributed by atoms with van der Waals surface area (Å²) < 4.78 is 31.3. The molecule has 4 rings (SSSR count). The van der Waals surface area contributed by atoms with Crippen LogP contribution in [0.25, 0.3) is 0 Å². The molecule has 0 aliphatic heterocycles. The van der Waals surface area contributed by atoms with Crippen LogP contribution in [-0.4, -0.2) is 18.6 Å². The average Bonchev–Trinajstić information content (AvgIpc) is 3.23. The highest BCUT2D eigenvalue weighted by Crippen LogP contribution is 2.33. The van der Waals surface area contributed by atoms with Crippen molar-refractivity contribution in [1.29, 1.82) is 0 Å². The molecule has 1 aromatic heterocycles. The van der Waals surface area contributed by atoms with Gasteiger partial charge in [0.05, 0.1) is 9.79 Å². The Kier molecular flexibility index (Phi) is 6.06. The number of aryl methyl sites for hydroxylation is 1. The van der Waals surface area contributed by atoms with Gasteiger partial charge in [-0.1, -0.05) is 60.9 Å². The summed E-state index contributed by atoms with van der Waals surface area (Å²) in [5.74, 6) is 1.81. The number of thioether (sulfide) groups is 1. The smallest absolute Gasteiger partial charge is 0.276 e. The van der Waals surface area contributed by atoms with E-state index in [0.717, 1.165) is 29.9 Å². The minimum Gasteiger partial charge on any atom is -0.416 e. The van der Waals surface area contributed by atoms with Gasteiger partial charge in [0.15, 0.2) is 0 Å². The molecule has 5 nitrogen and oxygen atoms in total. The number of sulfone groups is 1. The van der Waals surface area contributed by atoms with E-state index >= 15 is 0 Å². The van der Waals surface area contributed by atoms with Gasteiger partial charge in [-0.05, 0) is 49.6 Å². The van der Waals surface area contributed by atoms with Crippen LogP contribution < -0.4 is 0 Å². The Morgan fingerprint density at radius 1 is 0.931 bits per heavy atom. The normalized spacial score (nSPS) is 15.5. The van der Waals surface area contributed by atoms with Crippen molar-refractivity contribution in [1.82, 2.24) is 10.2 Å². The topological polar surface area (TPSA) is 73.1 Å². The zero-order chi connectivity index (χ0) is 20.3. The summed E-state index contributed by atoms with van der Waals surface area (Å²) in [6.07, 6.45) is 6.01. The lowest BCUT2D eigenvalue weighted by Crippen LogP contribution is -2.04. The Hall–Kier alpha value is -2.12. The second kappa shape index (κ2) is 8.71. The molecular formula is C22H24N2O3S2. The number of rotatable bonds is 6. The van der Waals surface area contributed by atoms with Crippen LogP contribution in [0.1, 0.15) is 55.0 Å².